The SMILES string of the molecule is C\C=N/C=C1/C(=O)N(c2c[nH]c(=O)[nH]c2=O)C/C1=C/C. The second-order valence-electron chi connectivity index (χ2n) is 4.11. The third-order valence-electron chi connectivity index (χ3n) is 2.94. The van der Waals surface area contributed by atoms with Gasteiger partial charge in [-0.2, -0.15) is 0 Å². The Balaban J connectivity index is 2.48. The van der Waals surface area contributed by atoms with Crippen LogP contribution in [0.2, 0.25) is 0 Å². The Morgan fingerprint density at radius 1 is 1.30 bits per heavy atom. The average Bonchev–Trinajstić information content (AvgIpc) is 2.73. The smallest absolute Gasteiger partial charge is 0.312 e. The number of carbonyl (C=O) groups is 1. The van der Waals surface area contributed by atoms with Gasteiger partial charge in [0.25, 0.3) is 11.5 Å². The number of aromatic amines is 2. The van der Waals surface area contributed by atoms with Crippen LogP contribution in [-0.4, -0.2) is 28.6 Å². The molecule has 0 aromatic carbocycles. The highest BCUT2D eigenvalue weighted by molar-refractivity contribution is 6.12. The maximum Gasteiger partial charge on any atom is 0.325 e. The summed E-state index contributed by atoms with van der Waals surface area (Å²) in [7, 11) is 0. The predicted molar refractivity (Wildman–Crippen MR) is 76.0 cm³/mol. The van der Waals surface area contributed by atoms with Crippen LogP contribution in [0.25, 0.3) is 0 Å². The highest BCUT2D eigenvalue weighted by Gasteiger charge is 2.32. The molecule has 104 valence electrons. The lowest BCUT2D eigenvalue weighted by Gasteiger charge is -2.12. The van der Waals surface area contributed by atoms with E-state index in [1.54, 1.807) is 19.2 Å². The first-order valence-corrected chi connectivity index (χ1v) is 6.06. The fourth-order valence-electron chi connectivity index (χ4n) is 1.94. The third-order valence-corrected chi connectivity index (χ3v) is 2.94. The number of nitrogens with one attached hydrogen (secondary N) is 2. The lowest BCUT2D eigenvalue weighted by Crippen LogP contribution is -2.33. The third kappa shape index (κ3) is 2.37. The summed E-state index contributed by atoms with van der Waals surface area (Å²) in [5.74, 6) is -0.318. The molecular formula is C13H14N4O3. The second-order valence-corrected chi connectivity index (χ2v) is 4.11. The standard InChI is InChI=1S/C13H14N4O3/c1-3-8-7-17(12(19)9(8)5-14-4-2)10-6-15-13(20)16-11(10)18/h3-6H,7H2,1-2H3,(H2,15,16,18,20)/b8-3-,9-5+,14-4-. The van der Waals surface area contributed by atoms with Crippen LogP contribution in [0.4, 0.5) is 5.69 Å². The van der Waals surface area contributed by atoms with Gasteiger partial charge in [-0.05, 0) is 19.4 Å². The van der Waals surface area contributed by atoms with E-state index in [4.69, 9.17) is 0 Å². The normalized spacial score (nSPS) is 19.7. The van der Waals surface area contributed by atoms with Gasteiger partial charge >= 0.3 is 5.69 Å². The van der Waals surface area contributed by atoms with Gasteiger partial charge in [-0.25, -0.2) is 4.79 Å². The number of H-pyrrole nitrogens is 2. The quantitative estimate of drug-likeness (QED) is 0.600. The van der Waals surface area contributed by atoms with Crippen LogP contribution >= 0.6 is 0 Å². The zero-order valence-electron chi connectivity index (χ0n) is 11.1. The maximum atomic E-state index is 12.3. The lowest BCUT2D eigenvalue weighted by atomic mass is 10.1. The lowest BCUT2D eigenvalue weighted by molar-refractivity contribution is -0.114. The van der Waals surface area contributed by atoms with Crippen LogP contribution in [0.5, 0.6) is 0 Å². The molecule has 0 saturated carbocycles. The maximum absolute atomic E-state index is 12.3. The van der Waals surface area contributed by atoms with Gasteiger partial charge in [0.2, 0.25) is 0 Å². The Bertz CT molecular complexity index is 736. The van der Waals surface area contributed by atoms with Crippen molar-refractivity contribution in [1.29, 1.82) is 0 Å². The van der Waals surface area contributed by atoms with Crippen molar-refractivity contribution in [2.45, 2.75) is 13.8 Å². The van der Waals surface area contributed by atoms with Crippen LogP contribution in [-0.2, 0) is 4.79 Å². The van der Waals surface area contributed by atoms with Crippen LogP contribution < -0.4 is 16.1 Å². The summed E-state index contributed by atoms with van der Waals surface area (Å²) >= 11 is 0. The first kappa shape index (κ1) is 13.7. The Morgan fingerprint density at radius 3 is 2.65 bits per heavy atom. The summed E-state index contributed by atoms with van der Waals surface area (Å²) in [6.45, 7) is 3.83. The van der Waals surface area contributed by atoms with Gasteiger partial charge in [0.1, 0.15) is 5.69 Å². The molecule has 2 N–H and O–H groups in total. The van der Waals surface area contributed by atoms with Crippen molar-refractivity contribution in [3.05, 3.63) is 50.5 Å². The molecule has 20 heavy (non-hydrogen) atoms. The van der Waals surface area contributed by atoms with E-state index in [0.29, 0.717) is 5.57 Å². The fourth-order valence-corrected chi connectivity index (χ4v) is 1.94. The largest absolute Gasteiger partial charge is 0.325 e. The zero-order valence-corrected chi connectivity index (χ0v) is 11.1. The molecule has 7 nitrogen and oxygen atoms in total. The van der Waals surface area contributed by atoms with Crippen LogP contribution in [0.3, 0.4) is 0 Å². The number of carbonyl (C=O) groups excluding carboxylic acids is 1. The minimum Gasteiger partial charge on any atom is -0.312 e. The summed E-state index contributed by atoms with van der Waals surface area (Å²) in [4.78, 5) is 44.8. The number of hydrogen-bond donors (Lipinski definition) is 2. The first-order valence-electron chi connectivity index (χ1n) is 6.06. The number of nitrogens with zero attached hydrogens (tertiary/aromatic N) is 2. The molecule has 1 aromatic rings. The minimum atomic E-state index is -0.608. The van der Waals surface area contributed by atoms with Gasteiger partial charge in [-0.15, -0.1) is 0 Å². The van der Waals surface area contributed by atoms with Crippen molar-refractivity contribution in [3.63, 3.8) is 0 Å². The van der Waals surface area contributed by atoms with Gasteiger partial charge in [0.05, 0.1) is 12.1 Å². The number of amides is 1. The molecule has 0 radical (unpaired) electrons. The number of aromatic nitrogens is 2. The average molecular weight is 274 g/mol. The van der Waals surface area contributed by atoms with Crippen molar-refractivity contribution in [2.24, 2.45) is 4.99 Å². The summed E-state index contributed by atoms with van der Waals surface area (Å²) in [6.07, 6.45) is 6.08. The molecule has 0 spiro atoms. The Kier molecular flexibility index (Phi) is 3.79. The van der Waals surface area contributed by atoms with E-state index < -0.39 is 11.2 Å². The number of allylic oxidation sites excluding steroid dienone is 1. The number of aliphatic imine (C=N–C) groups is 1. The first-order chi connectivity index (χ1) is 9.58. The van der Waals surface area contributed by atoms with Crippen molar-refractivity contribution in [3.8, 4) is 0 Å². The van der Waals surface area contributed by atoms with Crippen molar-refractivity contribution < 1.29 is 4.79 Å². The minimum absolute atomic E-state index is 0.109. The molecular weight excluding hydrogens is 260 g/mol. The summed E-state index contributed by atoms with van der Waals surface area (Å²) in [5.41, 5.74) is 0.126. The summed E-state index contributed by atoms with van der Waals surface area (Å²) in [5, 5.41) is 0. The highest BCUT2D eigenvalue weighted by Crippen LogP contribution is 2.26. The molecule has 0 bridgehead atoms. The van der Waals surface area contributed by atoms with E-state index in [2.05, 4.69) is 15.0 Å². The van der Waals surface area contributed by atoms with Crippen molar-refractivity contribution >= 4 is 17.8 Å². The molecule has 1 amide bonds. The summed E-state index contributed by atoms with van der Waals surface area (Å²) < 4.78 is 0. The molecule has 1 aliphatic heterocycles. The van der Waals surface area contributed by atoms with Crippen LogP contribution in [0, 0.1) is 0 Å². The van der Waals surface area contributed by atoms with Gasteiger partial charge in [-0.3, -0.25) is 24.5 Å². The fraction of sp³-hybridized carbons (Fsp3) is 0.231. The molecule has 1 saturated heterocycles. The molecule has 0 aliphatic carbocycles. The van der Waals surface area contributed by atoms with Gasteiger partial charge in [-0.1, -0.05) is 6.08 Å². The van der Waals surface area contributed by atoms with E-state index >= 15 is 0 Å². The Morgan fingerprint density at radius 2 is 2.05 bits per heavy atom. The summed E-state index contributed by atoms with van der Waals surface area (Å²) in [6, 6.07) is 0. The highest BCUT2D eigenvalue weighted by atomic mass is 16.2. The van der Waals surface area contributed by atoms with Gasteiger partial charge in [0, 0.05) is 18.6 Å². The van der Waals surface area contributed by atoms with Crippen LogP contribution in [0.1, 0.15) is 13.8 Å². The second kappa shape index (κ2) is 5.52. The monoisotopic (exact) mass is 274 g/mol. The van der Waals surface area contributed by atoms with E-state index in [1.807, 2.05) is 6.92 Å². The molecule has 1 aliphatic rings. The predicted octanol–water partition coefficient (Wildman–Crippen LogP) is 0.331. The molecule has 2 heterocycles. The molecule has 1 aromatic heterocycles. The van der Waals surface area contributed by atoms with E-state index in [1.165, 1.54) is 17.3 Å². The van der Waals surface area contributed by atoms with Gasteiger partial charge in [0.15, 0.2) is 0 Å². The van der Waals surface area contributed by atoms with Crippen molar-refractivity contribution in [1.82, 2.24) is 9.97 Å². The molecule has 1 fully saturated rings. The number of rotatable bonds is 2. The molecule has 2 rings (SSSR count). The number of hydrogen-bond acceptors (Lipinski definition) is 4. The molecule has 0 atom stereocenters. The van der Waals surface area contributed by atoms with E-state index in [-0.39, 0.29) is 18.1 Å². The number of anilines is 1. The van der Waals surface area contributed by atoms with E-state index in [9.17, 15) is 14.4 Å². The van der Waals surface area contributed by atoms with E-state index in [0.717, 1.165) is 5.57 Å². The van der Waals surface area contributed by atoms with Gasteiger partial charge < -0.3 is 4.98 Å². The molecule has 0 unspecified atom stereocenters. The zero-order chi connectivity index (χ0) is 14.7. The van der Waals surface area contributed by atoms with Crippen LogP contribution in [0.15, 0.2) is 44.2 Å². The Hall–Kier alpha value is -2.70. The molecule has 7 heteroatoms. The Labute approximate surface area is 114 Å². The topological polar surface area (TPSA) is 98.4 Å². The van der Waals surface area contributed by atoms with Crippen molar-refractivity contribution in [2.75, 3.05) is 11.4 Å².